The highest BCUT2D eigenvalue weighted by molar-refractivity contribution is 5.45. The molecule has 1 saturated heterocycles. The van der Waals surface area contributed by atoms with Crippen molar-refractivity contribution < 1.29 is 27.0 Å². The first-order valence-electron chi connectivity index (χ1n) is 6.91. The van der Waals surface area contributed by atoms with Crippen molar-refractivity contribution in [1.82, 2.24) is 4.90 Å². The number of benzene rings is 1. The fourth-order valence-corrected chi connectivity index (χ4v) is 2.96. The van der Waals surface area contributed by atoms with Crippen LogP contribution in [-0.4, -0.2) is 37.3 Å². The third kappa shape index (κ3) is 2.40. The Kier molecular flexibility index (Phi) is 3.48. The SMILES string of the molecule is CN1CC(CN)CC1c1ccc2c(c1)OC(F)(F)C(F)(F)O2. The molecular weight excluding hydrogens is 304 g/mol. The minimum absolute atomic E-state index is 0.0153. The van der Waals surface area contributed by atoms with E-state index in [1.165, 1.54) is 12.1 Å². The van der Waals surface area contributed by atoms with Gasteiger partial charge in [0.1, 0.15) is 0 Å². The fraction of sp³-hybridized carbons (Fsp3) is 0.571. The van der Waals surface area contributed by atoms with Gasteiger partial charge in [0.05, 0.1) is 0 Å². The monoisotopic (exact) mass is 320 g/mol. The number of hydrogen-bond acceptors (Lipinski definition) is 4. The summed E-state index contributed by atoms with van der Waals surface area (Å²) in [6.07, 6.45) is -8.60. The molecule has 8 heteroatoms. The van der Waals surface area contributed by atoms with E-state index in [4.69, 9.17) is 5.73 Å². The van der Waals surface area contributed by atoms with E-state index in [-0.39, 0.29) is 11.8 Å². The maximum atomic E-state index is 13.2. The van der Waals surface area contributed by atoms with Crippen molar-refractivity contribution in [2.24, 2.45) is 11.7 Å². The van der Waals surface area contributed by atoms with Gasteiger partial charge < -0.3 is 15.2 Å². The molecule has 1 aromatic carbocycles. The van der Waals surface area contributed by atoms with Crippen LogP contribution >= 0.6 is 0 Å². The first-order valence-corrected chi connectivity index (χ1v) is 6.91. The van der Waals surface area contributed by atoms with Crippen molar-refractivity contribution in [3.63, 3.8) is 0 Å². The average Bonchev–Trinajstić information content (AvgIpc) is 2.80. The van der Waals surface area contributed by atoms with Gasteiger partial charge in [0.25, 0.3) is 0 Å². The van der Waals surface area contributed by atoms with E-state index < -0.39 is 18.0 Å². The molecule has 0 amide bonds. The van der Waals surface area contributed by atoms with Crippen LogP contribution < -0.4 is 15.2 Å². The second kappa shape index (κ2) is 4.99. The van der Waals surface area contributed by atoms with Gasteiger partial charge in [-0.3, -0.25) is 4.90 Å². The van der Waals surface area contributed by atoms with Crippen LogP contribution in [0.15, 0.2) is 18.2 Å². The van der Waals surface area contributed by atoms with E-state index in [0.717, 1.165) is 13.0 Å². The van der Waals surface area contributed by atoms with Crippen LogP contribution in [0.3, 0.4) is 0 Å². The lowest BCUT2D eigenvalue weighted by Crippen LogP contribution is -2.52. The van der Waals surface area contributed by atoms with Crippen molar-refractivity contribution >= 4 is 0 Å². The van der Waals surface area contributed by atoms with Crippen molar-refractivity contribution in [3.05, 3.63) is 23.8 Å². The van der Waals surface area contributed by atoms with Gasteiger partial charge in [-0.15, -0.1) is 0 Å². The largest absolute Gasteiger partial charge is 0.507 e. The Morgan fingerprint density at radius 1 is 1.18 bits per heavy atom. The van der Waals surface area contributed by atoms with Crippen LogP contribution in [0.25, 0.3) is 0 Å². The highest BCUT2D eigenvalue weighted by atomic mass is 19.3. The molecule has 2 aliphatic rings. The van der Waals surface area contributed by atoms with E-state index in [1.54, 1.807) is 6.07 Å². The lowest BCUT2D eigenvalue weighted by molar-refractivity contribution is -0.391. The normalized spacial score (nSPS) is 29.5. The van der Waals surface area contributed by atoms with Crippen molar-refractivity contribution in [1.29, 1.82) is 0 Å². The number of nitrogens with zero attached hydrogens (tertiary/aromatic N) is 1. The summed E-state index contributed by atoms with van der Waals surface area (Å²) < 4.78 is 60.9. The zero-order valence-corrected chi connectivity index (χ0v) is 11.9. The predicted molar refractivity (Wildman–Crippen MR) is 70.1 cm³/mol. The van der Waals surface area contributed by atoms with Crippen molar-refractivity contribution in [2.75, 3.05) is 20.1 Å². The summed E-state index contributed by atoms with van der Waals surface area (Å²) in [5, 5.41) is 0. The molecule has 1 aromatic rings. The molecule has 0 aromatic heterocycles. The third-order valence-corrected chi connectivity index (χ3v) is 4.14. The van der Waals surface area contributed by atoms with Crippen LogP contribution in [0.5, 0.6) is 11.5 Å². The second-order valence-corrected chi connectivity index (χ2v) is 5.74. The average molecular weight is 320 g/mol. The predicted octanol–water partition coefficient (Wildman–Crippen LogP) is 2.59. The Hall–Kier alpha value is -1.54. The Labute approximate surface area is 124 Å². The number of ether oxygens (including phenoxy) is 2. The van der Waals surface area contributed by atoms with Gasteiger partial charge in [-0.25, -0.2) is 0 Å². The van der Waals surface area contributed by atoms with Crippen LogP contribution in [-0.2, 0) is 0 Å². The molecule has 0 radical (unpaired) electrons. The zero-order valence-electron chi connectivity index (χ0n) is 11.9. The summed E-state index contributed by atoms with van der Waals surface area (Å²) in [7, 11) is 1.90. The number of alkyl halides is 4. The number of likely N-dealkylation sites (tertiary alicyclic amines) is 1. The number of nitrogens with two attached hydrogens (primary N) is 1. The number of hydrogen-bond donors (Lipinski definition) is 1. The maximum absolute atomic E-state index is 13.2. The van der Waals surface area contributed by atoms with Gasteiger partial charge in [0, 0.05) is 12.6 Å². The molecule has 2 N–H and O–H groups in total. The molecule has 2 atom stereocenters. The summed E-state index contributed by atoms with van der Waals surface area (Å²) in [5.74, 6) is -0.456. The van der Waals surface area contributed by atoms with Crippen LogP contribution in [0.4, 0.5) is 17.6 Å². The van der Waals surface area contributed by atoms with Crippen LogP contribution in [0.1, 0.15) is 18.0 Å². The standard InChI is InChI=1S/C14H16F4N2O2/c1-20-7-8(6-19)4-10(20)9-2-3-11-12(5-9)22-14(17,18)13(15,16)21-11/h2-3,5,8,10H,4,6-7,19H2,1H3. The molecule has 0 aliphatic carbocycles. The quantitative estimate of drug-likeness (QED) is 0.851. The molecule has 4 nitrogen and oxygen atoms in total. The Morgan fingerprint density at radius 3 is 2.41 bits per heavy atom. The summed E-state index contributed by atoms with van der Waals surface area (Å²) in [4.78, 5) is 2.05. The molecule has 3 rings (SSSR count). The lowest BCUT2D eigenvalue weighted by atomic mass is 9.99. The topological polar surface area (TPSA) is 47.7 Å². The molecule has 2 aliphatic heterocycles. The van der Waals surface area contributed by atoms with E-state index in [2.05, 4.69) is 14.4 Å². The minimum Gasteiger partial charge on any atom is -0.421 e. The van der Waals surface area contributed by atoms with Gasteiger partial charge in [0.2, 0.25) is 0 Å². The van der Waals surface area contributed by atoms with Gasteiger partial charge in [-0.05, 0) is 43.6 Å². The molecule has 0 saturated carbocycles. The highest BCUT2D eigenvalue weighted by Crippen LogP contribution is 2.48. The maximum Gasteiger partial charge on any atom is 0.507 e. The molecule has 122 valence electrons. The summed E-state index contributed by atoms with van der Waals surface area (Å²) in [6.45, 7) is 1.33. The van der Waals surface area contributed by atoms with Crippen molar-refractivity contribution in [2.45, 2.75) is 24.7 Å². The molecular formula is C14H16F4N2O2. The molecule has 22 heavy (non-hydrogen) atoms. The number of halogens is 4. The van der Waals surface area contributed by atoms with Crippen LogP contribution in [0, 0.1) is 5.92 Å². The first-order chi connectivity index (χ1) is 10.2. The second-order valence-electron chi connectivity index (χ2n) is 5.74. The Bertz CT molecular complexity index is 582. The van der Waals surface area contributed by atoms with E-state index in [1.807, 2.05) is 7.05 Å². The van der Waals surface area contributed by atoms with E-state index in [0.29, 0.717) is 18.0 Å². The first kappa shape index (κ1) is 15.4. The van der Waals surface area contributed by atoms with Gasteiger partial charge >= 0.3 is 12.2 Å². The highest BCUT2D eigenvalue weighted by Gasteiger charge is 2.65. The molecule has 1 fully saturated rings. The molecule has 2 unspecified atom stereocenters. The minimum atomic E-state index is -4.69. The van der Waals surface area contributed by atoms with Crippen LogP contribution in [0.2, 0.25) is 0 Å². The van der Waals surface area contributed by atoms with Gasteiger partial charge in [0.15, 0.2) is 11.5 Å². The molecule has 0 spiro atoms. The summed E-state index contributed by atoms with van der Waals surface area (Å²) >= 11 is 0. The Morgan fingerprint density at radius 2 is 1.82 bits per heavy atom. The number of rotatable bonds is 2. The zero-order chi connectivity index (χ0) is 16.1. The van der Waals surface area contributed by atoms with E-state index >= 15 is 0 Å². The summed E-state index contributed by atoms with van der Waals surface area (Å²) in [6, 6.07) is 4.14. The number of fused-ring (bicyclic) bond motifs is 1. The van der Waals surface area contributed by atoms with Gasteiger partial charge in [-0.1, -0.05) is 6.07 Å². The summed E-state index contributed by atoms with van der Waals surface area (Å²) in [5.41, 5.74) is 6.37. The van der Waals surface area contributed by atoms with Crippen molar-refractivity contribution in [3.8, 4) is 11.5 Å². The fourth-order valence-electron chi connectivity index (χ4n) is 2.96. The van der Waals surface area contributed by atoms with Gasteiger partial charge in [-0.2, -0.15) is 17.6 Å². The molecule has 2 heterocycles. The Balaban J connectivity index is 1.90. The lowest BCUT2D eigenvalue weighted by Gasteiger charge is -2.32. The molecule has 0 bridgehead atoms. The third-order valence-electron chi connectivity index (χ3n) is 4.14. The van der Waals surface area contributed by atoms with E-state index in [9.17, 15) is 17.6 Å². The smallest absolute Gasteiger partial charge is 0.421 e.